The van der Waals surface area contributed by atoms with Crippen LogP contribution in [0.1, 0.15) is 38.2 Å². The Morgan fingerprint density at radius 2 is 1.95 bits per heavy atom. The van der Waals surface area contributed by atoms with Crippen molar-refractivity contribution < 1.29 is 0 Å². The van der Waals surface area contributed by atoms with Crippen molar-refractivity contribution in [1.82, 2.24) is 15.1 Å². The van der Waals surface area contributed by atoms with Crippen LogP contribution in [0.3, 0.4) is 0 Å². The summed E-state index contributed by atoms with van der Waals surface area (Å²) in [6.07, 6.45) is 9.17. The van der Waals surface area contributed by atoms with Crippen molar-refractivity contribution in [1.29, 1.82) is 0 Å². The molecule has 1 aliphatic carbocycles. The van der Waals surface area contributed by atoms with E-state index >= 15 is 0 Å². The molecule has 2 aromatic rings. The molecule has 1 N–H and O–H groups in total. The van der Waals surface area contributed by atoms with Crippen LogP contribution in [0.15, 0.2) is 42.7 Å². The molecule has 0 amide bonds. The Balaban J connectivity index is 1.66. The minimum atomic E-state index is 0.678. The molecule has 20 heavy (non-hydrogen) atoms. The monoisotopic (exact) mass is 269 g/mol. The Labute approximate surface area is 121 Å². The molecule has 3 heteroatoms. The topological polar surface area (TPSA) is 29.9 Å². The first-order valence-electron chi connectivity index (χ1n) is 7.64. The molecule has 1 aromatic heterocycles. The summed E-state index contributed by atoms with van der Waals surface area (Å²) < 4.78 is 1.94. The zero-order chi connectivity index (χ0) is 13.8. The van der Waals surface area contributed by atoms with Gasteiger partial charge in [-0.15, -0.1) is 0 Å². The van der Waals surface area contributed by atoms with Gasteiger partial charge in [-0.2, -0.15) is 5.10 Å². The van der Waals surface area contributed by atoms with Gasteiger partial charge in [0.2, 0.25) is 0 Å². The third kappa shape index (κ3) is 3.10. The van der Waals surface area contributed by atoms with Gasteiger partial charge in [-0.3, -0.25) is 0 Å². The highest BCUT2D eigenvalue weighted by molar-refractivity contribution is 5.40. The number of hydrogen-bond donors (Lipinski definition) is 1. The zero-order valence-electron chi connectivity index (χ0n) is 12.1. The maximum absolute atomic E-state index is 4.34. The van der Waals surface area contributed by atoms with Gasteiger partial charge in [0.25, 0.3) is 0 Å². The summed E-state index contributed by atoms with van der Waals surface area (Å²) >= 11 is 0. The van der Waals surface area contributed by atoms with Crippen molar-refractivity contribution in [2.24, 2.45) is 5.92 Å². The van der Waals surface area contributed by atoms with Crippen molar-refractivity contribution in [2.45, 2.75) is 45.2 Å². The quantitative estimate of drug-likeness (QED) is 0.920. The van der Waals surface area contributed by atoms with Crippen molar-refractivity contribution in [2.75, 3.05) is 0 Å². The number of nitrogens with zero attached hydrogens (tertiary/aromatic N) is 2. The Morgan fingerprint density at radius 1 is 1.15 bits per heavy atom. The normalized spacial score (nSPS) is 22.9. The predicted molar refractivity (Wildman–Crippen MR) is 81.8 cm³/mol. The van der Waals surface area contributed by atoms with Crippen molar-refractivity contribution in [3.8, 4) is 5.69 Å². The lowest BCUT2D eigenvalue weighted by molar-refractivity contribution is 0.306. The van der Waals surface area contributed by atoms with Gasteiger partial charge < -0.3 is 5.32 Å². The summed E-state index contributed by atoms with van der Waals surface area (Å²) in [6, 6.07) is 11.1. The van der Waals surface area contributed by atoms with E-state index in [1.165, 1.54) is 36.9 Å². The highest BCUT2D eigenvalue weighted by atomic mass is 15.3. The van der Waals surface area contributed by atoms with E-state index in [4.69, 9.17) is 0 Å². The molecule has 0 bridgehead atoms. The second-order valence-electron chi connectivity index (χ2n) is 5.92. The third-order valence-electron chi connectivity index (χ3n) is 4.34. The van der Waals surface area contributed by atoms with E-state index in [0.29, 0.717) is 6.04 Å². The molecule has 0 aliphatic heterocycles. The summed E-state index contributed by atoms with van der Waals surface area (Å²) in [5.41, 5.74) is 2.49. The first-order valence-corrected chi connectivity index (χ1v) is 7.64. The van der Waals surface area contributed by atoms with Crippen LogP contribution in [0.5, 0.6) is 0 Å². The lowest BCUT2D eigenvalue weighted by Crippen LogP contribution is -2.32. The number of benzene rings is 1. The van der Waals surface area contributed by atoms with E-state index in [1.807, 2.05) is 23.1 Å². The molecule has 1 aromatic carbocycles. The number of rotatable bonds is 4. The van der Waals surface area contributed by atoms with E-state index in [9.17, 15) is 0 Å². The van der Waals surface area contributed by atoms with E-state index in [1.54, 1.807) is 0 Å². The number of aromatic nitrogens is 2. The summed E-state index contributed by atoms with van der Waals surface area (Å²) in [7, 11) is 0. The minimum Gasteiger partial charge on any atom is -0.310 e. The number of hydrogen-bond acceptors (Lipinski definition) is 2. The largest absolute Gasteiger partial charge is 0.310 e. The fourth-order valence-corrected chi connectivity index (χ4v) is 3.01. The van der Waals surface area contributed by atoms with Crippen LogP contribution in [0.25, 0.3) is 5.69 Å². The van der Waals surface area contributed by atoms with Crippen LogP contribution in [0, 0.1) is 5.92 Å². The van der Waals surface area contributed by atoms with Crippen LogP contribution in [-0.4, -0.2) is 15.8 Å². The molecule has 1 fully saturated rings. The molecule has 3 nitrogen and oxygen atoms in total. The number of para-hydroxylation sites is 1. The standard InChI is InChI=1S/C17H23N3/c1-14-7-9-16(10-8-14)18-13-15-5-2-3-6-17(15)20-12-4-11-19-20/h2-6,11-12,14,16,18H,7-10,13H2,1H3. The van der Waals surface area contributed by atoms with Crippen LogP contribution in [0.4, 0.5) is 0 Å². The fourth-order valence-electron chi connectivity index (χ4n) is 3.01. The van der Waals surface area contributed by atoms with E-state index in [-0.39, 0.29) is 0 Å². The molecule has 0 radical (unpaired) electrons. The molecular weight excluding hydrogens is 246 g/mol. The smallest absolute Gasteiger partial charge is 0.0690 e. The van der Waals surface area contributed by atoms with E-state index in [2.05, 4.69) is 41.6 Å². The third-order valence-corrected chi connectivity index (χ3v) is 4.34. The Kier molecular flexibility index (Phi) is 4.16. The van der Waals surface area contributed by atoms with E-state index < -0.39 is 0 Å². The zero-order valence-corrected chi connectivity index (χ0v) is 12.1. The Morgan fingerprint density at radius 3 is 2.70 bits per heavy atom. The highest BCUT2D eigenvalue weighted by Gasteiger charge is 2.17. The average molecular weight is 269 g/mol. The van der Waals surface area contributed by atoms with Gasteiger partial charge >= 0.3 is 0 Å². The van der Waals surface area contributed by atoms with Gasteiger partial charge in [0.05, 0.1) is 5.69 Å². The van der Waals surface area contributed by atoms with Crippen molar-refractivity contribution in [3.05, 3.63) is 48.3 Å². The molecule has 0 atom stereocenters. The SMILES string of the molecule is CC1CCC(NCc2ccccc2-n2cccn2)CC1. The molecule has 0 spiro atoms. The second-order valence-corrected chi connectivity index (χ2v) is 5.92. The molecule has 0 saturated heterocycles. The molecule has 1 aliphatic rings. The molecular formula is C17H23N3. The maximum Gasteiger partial charge on any atom is 0.0690 e. The highest BCUT2D eigenvalue weighted by Crippen LogP contribution is 2.24. The molecule has 3 rings (SSSR count). The lowest BCUT2D eigenvalue weighted by Gasteiger charge is -2.27. The van der Waals surface area contributed by atoms with Gasteiger partial charge in [0.15, 0.2) is 0 Å². The van der Waals surface area contributed by atoms with Gasteiger partial charge in [0.1, 0.15) is 0 Å². The van der Waals surface area contributed by atoms with Crippen LogP contribution >= 0.6 is 0 Å². The lowest BCUT2D eigenvalue weighted by atomic mass is 9.87. The number of nitrogens with one attached hydrogen (secondary N) is 1. The van der Waals surface area contributed by atoms with Gasteiger partial charge in [-0.05, 0) is 49.3 Å². The van der Waals surface area contributed by atoms with Crippen molar-refractivity contribution in [3.63, 3.8) is 0 Å². The minimum absolute atomic E-state index is 0.678. The van der Waals surface area contributed by atoms with Crippen LogP contribution < -0.4 is 5.32 Å². The summed E-state index contributed by atoms with van der Waals surface area (Å²) in [4.78, 5) is 0. The molecule has 0 unspecified atom stereocenters. The predicted octanol–water partition coefficient (Wildman–Crippen LogP) is 3.54. The Hall–Kier alpha value is -1.61. The fraction of sp³-hybridized carbons (Fsp3) is 0.471. The molecule has 106 valence electrons. The molecule has 1 heterocycles. The summed E-state index contributed by atoms with van der Waals surface area (Å²) in [5, 5.41) is 8.06. The summed E-state index contributed by atoms with van der Waals surface area (Å²) in [6.45, 7) is 3.29. The van der Waals surface area contributed by atoms with Gasteiger partial charge in [-0.1, -0.05) is 25.1 Å². The van der Waals surface area contributed by atoms with E-state index in [0.717, 1.165) is 12.5 Å². The second kappa shape index (κ2) is 6.23. The van der Waals surface area contributed by atoms with Crippen LogP contribution in [-0.2, 0) is 6.54 Å². The first-order chi connectivity index (χ1) is 9.83. The Bertz CT molecular complexity index is 525. The first kappa shape index (κ1) is 13.4. The van der Waals surface area contributed by atoms with Gasteiger partial charge in [0, 0.05) is 25.0 Å². The van der Waals surface area contributed by atoms with Crippen molar-refractivity contribution >= 4 is 0 Å². The van der Waals surface area contributed by atoms with Crippen LogP contribution in [0.2, 0.25) is 0 Å². The van der Waals surface area contributed by atoms with Gasteiger partial charge in [-0.25, -0.2) is 4.68 Å². The summed E-state index contributed by atoms with van der Waals surface area (Å²) in [5.74, 6) is 0.907. The maximum atomic E-state index is 4.34. The molecule has 1 saturated carbocycles. The average Bonchev–Trinajstić information content (AvgIpc) is 3.01.